The summed E-state index contributed by atoms with van der Waals surface area (Å²) in [6.07, 6.45) is 1.85. The second-order valence-corrected chi connectivity index (χ2v) is 5.28. The molecule has 0 saturated heterocycles. The molecular weight excluding hydrogens is 250 g/mol. The molecule has 19 heavy (non-hydrogen) atoms. The number of rotatable bonds is 7. The number of primary amides is 1. The number of nitrogens with zero attached hydrogens (tertiary/aromatic N) is 2. The van der Waals surface area contributed by atoms with Crippen LogP contribution >= 0.6 is 0 Å². The zero-order chi connectivity index (χ0) is 14.6. The number of aliphatic carboxylic acids is 1. The second kappa shape index (κ2) is 6.40. The molecule has 7 heteroatoms. The van der Waals surface area contributed by atoms with Crippen molar-refractivity contribution in [3.8, 4) is 0 Å². The van der Waals surface area contributed by atoms with E-state index in [0.717, 1.165) is 17.7 Å². The van der Waals surface area contributed by atoms with Crippen molar-refractivity contribution >= 4 is 17.9 Å². The Morgan fingerprint density at radius 3 is 2.21 bits per heavy atom. The fraction of sp³-hybridized carbons (Fsp3) is 0.750. The molecule has 1 rings (SSSR count). The molecule has 0 spiro atoms. The molecule has 0 aromatic rings. The van der Waals surface area contributed by atoms with Crippen LogP contribution in [0.3, 0.4) is 0 Å². The number of carboxylic acids is 1. The first kappa shape index (κ1) is 15.3. The van der Waals surface area contributed by atoms with Gasteiger partial charge in [-0.2, -0.15) is 0 Å². The number of amides is 3. The fourth-order valence-electron chi connectivity index (χ4n) is 1.89. The third-order valence-electron chi connectivity index (χ3n) is 2.74. The molecule has 3 N–H and O–H groups in total. The lowest BCUT2D eigenvalue weighted by Gasteiger charge is -2.30. The van der Waals surface area contributed by atoms with E-state index in [1.54, 1.807) is 4.90 Å². The molecule has 108 valence electrons. The first-order valence-electron chi connectivity index (χ1n) is 6.37. The largest absolute Gasteiger partial charge is 0.480 e. The first-order valence-corrected chi connectivity index (χ1v) is 6.37. The Bertz CT molecular complexity index is 350. The van der Waals surface area contributed by atoms with Gasteiger partial charge in [-0.3, -0.25) is 9.59 Å². The van der Waals surface area contributed by atoms with Crippen LogP contribution in [-0.2, 0) is 9.59 Å². The zero-order valence-corrected chi connectivity index (χ0v) is 11.3. The van der Waals surface area contributed by atoms with Crippen molar-refractivity contribution in [3.63, 3.8) is 0 Å². The van der Waals surface area contributed by atoms with Crippen molar-refractivity contribution in [1.82, 2.24) is 9.80 Å². The van der Waals surface area contributed by atoms with E-state index in [2.05, 4.69) is 0 Å². The van der Waals surface area contributed by atoms with E-state index in [1.807, 2.05) is 13.8 Å². The number of hydrogen-bond acceptors (Lipinski definition) is 3. The number of urea groups is 1. The van der Waals surface area contributed by atoms with Crippen LogP contribution in [-0.4, -0.2) is 58.5 Å². The van der Waals surface area contributed by atoms with E-state index in [9.17, 15) is 14.4 Å². The van der Waals surface area contributed by atoms with Gasteiger partial charge in [-0.15, -0.1) is 0 Å². The van der Waals surface area contributed by atoms with Gasteiger partial charge in [-0.1, -0.05) is 13.8 Å². The second-order valence-electron chi connectivity index (χ2n) is 5.28. The molecular formula is C12H21N3O4. The Hall–Kier alpha value is -1.79. The van der Waals surface area contributed by atoms with Crippen molar-refractivity contribution in [2.75, 3.05) is 19.6 Å². The average molecular weight is 271 g/mol. The minimum absolute atomic E-state index is 0.166. The maximum Gasteiger partial charge on any atom is 0.323 e. The lowest BCUT2D eigenvalue weighted by atomic mass is 10.2. The van der Waals surface area contributed by atoms with Crippen LogP contribution in [0.4, 0.5) is 4.79 Å². The SMILES string of the molecule is CC(C)CN(C(=O)N(CC(N)=O)CC(=O)O)C1CC1. The first-order chi connectivity index (χ1) is 8.81. The monoisotopic (exact) mass is 271 g/mol. The highest BCUT2D eigenvalue weighted by atomic mass is 16.4. The minimum Gasteiger partial charge on any atom is -0.480 e. The normalized spacial score (nSPS) is 14.3. The van der Waals surface area contributed by atoms with Crippen LogP contribution in [0, 0.1) is 5.92 Å². The van der Waals surface area contributed by atoms with Crippen LogP contribution in [0.5, 0.6) is 0 Å². The van der Waals surface area contributed by atoms with E-state index in [1.165, 1.54) is 0 Å². The summed E-state index contributed by atoms with van der Waals surface area (Å²) in [6, 6.07) is -0.253. The number of carbonyl (C=O) groups is 3. The zero-order valence-electron chi connectivity index (χ0n) is 11.3. The maximum atomic E-state index is 12.3. The average Bonchev–Trinajstić information content (AvgIpc) is 3.06. The summed E-state index contributed by atoms with van der Waals surface area (Å²) in [5, 5.41) is 8.80. The van der Waals surface area contributed by atoms with Crippen molar-refractivity contribution in [2.24, 2.45) is 11.7 Å². The van der Waals surface area contributed by atoms with Gasteiger partial charge in [0, 0.05) is 12.6 Å². The van der Waals surface area contributed by atoms with E-state index in [-0.39, 0.29) is 18.5 Å². The maximum absolute atomic E-state index is 12.3. The van der Waals surface area contributed by atoms with Gasteiger partial charge in [-0.05, 0) is 18.8 Å². The summed E-state index contributed by atoms with van der Waals surface area (Å²) in [4.78, 5) is 36.7. The van der Waals surface area contributed by atoms with Gasteiger partial charge < -0.3 is 20.6 Å². The van der Waals surface area contributed by atoms with Gasteiger partial charge in [-0.25, -0.2) is 4.79 Å². The molecule has 3 amide bonds. The molecule has 0 heterocycles. The summed E-state index contributed by atoms with van der Waals surface area (Å²) in [5.41, 5.74) is 5.06. The fourth-order valence-corrected chi connectivity index (χ4v) is 1.89. The molecule has 0 radical (unpaired) electrons. The summed E-state index contributed by atoms with van der Waals surface area (Å²) in [7, 11) is 0. The van der Waals surface area contributed by atoms with Crippen molar-refractivity contribution < 1.29 is 19.5 Å². The minimum atomic E-state index is -1.16. The van der Waals surface area contributed by atoms with E-state index in [4.69, 9.17) is 10.8 Å². The van der Waals surface area contributed by atoms with E-state index < -0.39 is 24.5 Å². The number of nitrogens with two attached hydrogens (primary N) is 1. The topological polar surface area (TPSA) is 104 Å². The summed E-state index contributed by atoms with van der Waals surface area (Å²) >= 11 is 0. The molecule has 1 aliphatic rings. The smallest absolute Gasteiger partial charge is 0.323 e. The summed E-state index contributed by atoms with van der Waals surface area (Å²) in [5.74, 6) is -1.59. The quantitative estimate of drug-likeness (QED) is 0.685. The van der Waals surface area contributed by atoms with Gasteiger partial charge in [0.1, 0.15) is 13.1 Å². The van der Waals surface area contributed by atoms with Crippen LogP contribution in [0.15, 0.2) is 0 Å². The molecule has 7 nitrogen and oxygen atoms in total. The molecule has 0 aromatic carbocycles. The van der Waals surface area contributed by atoms with Gasteiger partial charge in [0.25, 0.3) is 0 Å². The molecule has 1 fully saturated rings. The Balaban J connectivity index is 2.75. The Labute approximate surface area is 112 Å². The Kier molecular flexibility index (Phi) is 5.14. The van der Waals surface area contributed by atoms with Gasteiger partial charge in [0.05, 0.1) is 0 Å². The molecule has 1 saturated carbocycles. The predicted octanol–water partition coefficient (Wildman–Crippen LogP) is 0.0987. The lowest BCUT2D eigenvalue weighted by Crippen LogP contribution is -2.50. The van der Waals surface area contributed by atoms with Crippen molar-refractivity contribution in [2.45, 2.75) is 32.7 Å². The third-order valence-corrected chi connectivity index (χ3v) is 2.74. The van der Waals surface area contributed by atoms with Crippen molar-refractivity contribution in [1.29, 1.82) is 0 Å². The van der Waals surface area contributed by atoms with Crippen molar-refractivity contribution in [3.05, 3.63) is 0 Å². The van der Waals surface area contributed by atoms with Gasteiger partial charge >= 0.3 is 12.0 Å². The highest BCUT2D eigenvalue weighted by Gasteiger charge is 2.35. The molecule has 0 bridgehead atoms. The molecule has 0 atom stereocenters. The van der Waals surface area contributed by atoms with Crippen LogP contribution < -0.4 is 5.73 Å². The molecule has 1 aliphatic carbocycles. The lowest BCUT2D eigenvalue weighted by molar-refractivity contribution is -0.138. The van der Waals surface area contributed by atoms with E-state index >= 15 is 0 Å². The van der Waals surface area contributed by atoms with Gasteiger partial charge in [0.15, 0.2) is 0 Å². The Morgan fingerprint density at radius 1 is 1.26 bits per heavy atom. The van der Waals surface area contributed by atoms with Crippen LogP contribution in [0.1, 0.15) is 26.7 Å². The van der Waals surface area contributed by atoms with Crippen LogP contribution in [0.2, 0.25) is 0 Å². The predicted molar refractivity (Wildman–Crippen MR) is 68.4 cm³/mol. The molecule has 0 unspecified atom stereocenters. The highest BCUT2D eigenvalue weighted by Crippen LogP contribution is 2.28. The summed E-state index contributed by atoms with van der Waals surface area (Å²) < 4.78 is 0. The third kappa shape index (κ3) is 5.15. The van der Waals surface area contributed by atoms with Crippen LogP contribution in [0.25, 0.3) is 0 Å². The van der Waals surface area contributed by atoms with E-state index in [0.29, 0.717) is 6.54 Å². The number of carboxylic acid groups (broad SMARTS) is 1. The number of carbonyl (C=O) groups excluding carboxylic acids is 2. The Morgan fingerprint density at radius 2 is 1.84 bits per heavy atom. The highest BCUT2D eigenvalue weighted by molar-refractivity contribution is 5.86. The van der Waals surface area contributed by atoms with Gasteiger partial charge in [0.2, 0.25) is 5.91 Å². The molecule has 0 aliphatic heterocycles. The molecule has 0 aromatic heterocycles. The standard InChI is InChI=1S/C12H21N3O4/c1-8(2)5-15(9-3-4-9)12(19)14(6-10(13)16)7-11(17)18/h8-9H,3-7H2,1-2H3,(H2,13,16)(H,17,18). The summed E-state index contributed by atoms with van der Waals surface area (Å²) in [6.45, 7) is 3.64. The number of hydrogen-bond donors (Lipinski definition) is 2.